The van der Waals surface area contributed by atoms with E-state index in [-0.39, 0.29) is 5.91 Å². The van der Waals surface area contributed by atoms with Crippen molar-refractivity contribution in [3.8, 4) is 11.5 Å². The highest BCUT2D eigenvalue weighted by molar-refractivity contribution is 9.10. The average Bonchev–Trinajstić information content (AvgIpc) is 2.56. The maximum Gasteiger partial charge on any atom is 0.255 e. The Balaban J connectivity index is 1.75. The zero-order valence-electron chi connectivity index (χ0n) is 12.2. The SMILES string of the molecule is O=C(Nc1cccc(Br)c1)c1cccc(Oc2ccccc2)c1. The Bertz CT molecular complexity index is 818. The predicted molar refractivity (Wildman–Crippen MR) is 95.1 cm³/mol. The number of anilines is 1. The van der Waals surface area contributed by atoms with Crippen molar-refractivity contribution < 1.29 is 9.53 Å². The van der Waals surface area contributed by atoms with E-state index in [1.807, 2.05) is 60.7 Å². The molecule has 0 heterocycles. The number of amides is 1. The molecule has 4 heteroatoms. The Morgan fingerprint density at radius 3 is 2.35 bits per heavy atom. The number of carbonyl (C=O) groups excluding carboxylic acids is 1. The van der Waals surface area contributed by atoms with E-state index >= 15 is 0 Å². The van der Waals surface area contributed by atoms with Gasteiger partial charge in [-0.1, -0.05) is 46.3 Å². The molecule has 3 nitrogen and oxygen atoms in total. The highest BCUT2D eigenvalue weighted by Crippen LogP contribution is 2.22. The third-order valence-corrected chi connectivity index (χ3v) is 3.65. The van der Waals surface area contributed by atoms with Crippen molar-refractivity contribution in [3.63, 3.8) is 0 Å². The normalized spacial score (nSPS) is 10.1. The topological polar surface area (TPSA) is 38.3 Å². The molecular formula is C19H14BrNO2. The van der Waals surface area contributed by atoms with Crippen LogP contribution in [0.2, 0.25) is 0 Å². The van der Waals surface area contributed by atoms with Crippen molar-refractivity contribution in [2.75, 3.05) is 5.32 Å². The first-order valence-corrected chi connectivity index (χ1v) is 7.90. The number of rotatable bonds is 4. The lowest BCUT2D eigenvalue weighted by Crippen LogP contribution is -2.11. The fourth-order valence-corrected chi connectivity index (χ4v) is 2.49. The molecule has 1 amide bonds. The molecule has 0 fully saturated rings. The van der Waals surface area contributed by atoms with Gasteiger partial charge in [-0.05, 0) is 48.5 Å². The molecule has 0 unspecified atom stereocenters. The molecule has 3 aromatic carbocycles. The molecule has 0 saturated heterocycles. The Hall–Kier alpha value is -2.59. The standard InChI is InChI=1S/C19H14BrNO2/c20-15-7-5-8-16(13-15)21-19(22)14-6-4-11-18(12-14)23-17-9-2-1-3-10-17/h1-13H,(H,21,22). The number of ether oxygens (including phenoxy) is 1. The van der Waals surface area contributed by atoms with E-state index in [4.69, 9.17) is 4.74 Å². The Morgan fingerprint density at radius 2 is 1.57 bits per heavy atom. The second-order valence-corrected chi connectivity index (χ2v) is 5.82. The lowest BCUT2D eigenvalue weighted by molar-refractivity contribution is 0.102. The van der Waals surface area contributed by atoms with Crippen LogP contribution in [0, 0.1) is 0 Å². The molecule has 0 atom stereocenters. The van der Waals surface area contributed by atoms with Gasteiger partial charge in [-0.25, -0.2) is 0 Å². The first-order chi connectivity index (χ1) is 11.2. The van der Waals surface area contributed by atoms with Crippen LogP contribution >= 0.6 is 15.9 Å². The van der Waals surface area contributed by atoms with Crippen LogP contribution in [0.25, 0.3) is 0 Å². The molecule has 1 N–H and O–H groups in total. The molecule has 3 aromatic rings. The van der Waals surface area contributed by atoms with Gasteiger partial charge in [-0.15, -0.1) is 0 Å². The minimum Gasteiger partial charge on any atom is -0.457 e. The molecule has 0 saturated carbocycles. The summed E-state index contributed by atoms with van der Waals surface area (Å²) < 4.78 is 6.66. The van der Waals surface area contributed by atoms with E-state index < -0.39 is 0 Å². The molecule has 0 aliphatic heterocycles. The molecule has 0 spiro atoms. The second kappa shape index (κ2) is 7.11. The van der Waals surface area contributed by atoms with Crippen LogP contribution in [0.3, 0.4) is 0 Å². The van der Waals surface area contributed by atoms with E-state index in [1.165, 1.54) is 0 Å². The summed E-state index contributed by atoms with van der Waals surface area (Å²) in [6.07, 6.45) is 0. The predicted octanol–water partition coefficient (Wildman–Crippen LogP) is 5.49. The van der Waals surface area contributed by atoms with E-state index in [9.17, 15) is 4.79 Å². The van der Waals surface area contributed by atoms with Gasteiger partial charge in [-0.2, -0.15) is 0 Å². The maximum absolute atomic E-state index is 12.3. The largest absolute Gasteiger partial charge is 0.457 e. The number of hydrogen-bond donors (Lipinski definition) is 1. The fraction of sp³-hybridized carbons (Fsp3) is 0. The number of benzene rings is 3. The molecule has 3 rings (SSSR count). The summed E-state index contributed by atoms with van der Waals surface area (Å²) in [6.45, 7) is 0. The minimum atomic E-state index is -0.179. The van der Waals surface area contributed by atoms with Crippen LogP contribution in [-0.4, -0.2) is 5.91 Å². The lowest BCUT2D eigenvalue weighted by atomic mass is 10.2. The molecule has 0 bridgehead atoms. The molecule has 114 valence electrons. The minimum absolute atomic E-state index is 0.179. The summed E-state index contributed by atoms with van der Waals surface area (Å²) in [6, 6.07) is 24.0. The summed E-state index contributed by atoms with van der Waals surface area (Å²) in [5.41, 5.74) is 1.28. The zero-order valence-corrected chi connectivity index (χ0v) is 13.8. The monoisotopic (exact) mass is 367 g/mol. The molecule has 0 aliphatic carbocycles. The van der Waals surface area contributed by atoms with Crippen molar-refractivity contribution in [1.82, 2.24) is 0 Å². The Morgan fingerprint density at radius 1 is 0.826 bits per heavy atom. The number of nitrogens with one attached hydrogen (secondary N) is 1. The molecule has 0 radical (unpaired) electrons. The highest BCUT2D eigenvalue weighted by atomic mass is 79.9. The lowest BCUT2D eigenvalue weighted by Gasteiger charge is -2.08. The quantitative estimate of drug-likeness (QED) is 0.661. The zero-order chi connectivity index (χ0) is 16.1. The summed E-state index contributed by atoms with van der Waals surface area (Å²) >= 11 is 3.39. The van der Waals surface area contributed by atoms with Gasteiger partial charge in [0.15, 0.2) is 0 Å². The number of hydrogen-bond acceptors (Lipinski definition) is 2. The first kappa shape index (κ1) is 15.3. The summed E-state index contributed by atoms with van der Waals surface area (Å²) in [4.78, 5) is 12.3. The summed E-state index contributed by atoms with van der Waals surface area (Å²) in [5.74, 6) is 1.18. The van der Waals surface area contributed by atoms with Gasteiger partial charge in [0, 0.05) is 15.7 Å². The fourth-order valence-electron chi connectivity index (χ4n) is 2.09. The number of halogens is 1. The van der Waals surface area contributed by atoms with Gasteiger partial charge in [0.05, 0.1) is 0 Å². The van der Waals surface area contributed by atoms with Crippen molar-refractivity contribution in [1.29, 1.82) is 0 Å². The van der Waals surface area contributed by atoms with Gasteiger partial charge in [0.25, 0.3) is 5.91 Å². The molecular weight excluding hydrogens is 354 g/mol. The van der Waals surface area contributed by atoms with Crippen molar-refractivity contribution in [3.05, 3.63) is 88.9 Å². The molecule has 0 aliphatic rings. The molecule has 0 aromatic heterocycles. The van der Waals surface area contributed by atoms with E-state index in [0.29, 0.717) is 11.3 Å². The smallest absolute Gasteiger partial charge is 0.255 e. The first-order valence-electron chi connectivity index (χ1n) is 7.10. The van der Waals surface area contributed by atoms with Gasteiger partial charge in [-0.3, -0.25) is 4.79 Å². The molecule has 23 heavy (non-hydrogen) atoms. The van der Waals surface area contributed by atoms with Crippen LogP contribution in [-0.2, 0) is 0 Å². The van der Waals surface area contributed by atoms with Crippen LogP contribution in [0.5, 0.6) is 11.5 Å². The third kappa shape index (κ3) is 4.20. The second-order valence-electron chi connectivity index (χ2n) is 4.91. The van der Waals surface area contributed by atoms with Gasteiger partial charge < -0.3 is 10.1 Å². The Labute approximate surface area is 143 Å². The van der Waals surface area contributed by atoms with E-state index in [1.54, 1.807) is 18.2 Å². The van der Waals surface area contributed by atoms with Gasteiger partial charge in [0.2, 0.25) is 0 Å². The maximum atomic E-state index is 12.3. The average molecular weight is 368 g/mol. The summed E-state index contributed by atoms with van der Waals surface area (Å²) in [5, 5.41) is 2.87. The number of para-hydroxylation sites is 1. The third-order valence-electron chi connectivity index (χ3n) is 3.16. The van der Waals surface area contributed by atoms with E-state index in [2.05, 4.69) is 21.2 Å². The van der Waals surface area contributed by atoms with Crippen molar-refractivity contribution in [2.24, 2.45) is 0 Å². The van der Waals surface area contributed by atoms with Crippen LogP contribution in [0.1, 0.15) is 10.4 Å². The van der Waals surface area contributed by atoms with Crippen LogP contribution < -0.4 is 10.1 Å². The van der Waals surface area contributed by atoms with Crippen LogP contribution in [0.4, 0.5) is 5.69 Å². The van der Waals surface area contributed by atoms with Gasteiger partial charge >= 0.3 is 0 Å². The summed E-state index contributed by atoms with van der Waals surface area (Å²) in [7, 11) is 0. The Kier molecular flexibility index (Phi) is 4.74. The van der Waals surface area contributed by atoms with E-state index in [0.717, 1.165) is 15.9 Å². The van der Waals surface area contributed by atoms with Crippen LogP contribution in [0.15, 0.2) is 83.3 Å². The van der Waals surface area contributed by atoms with Gasteiger partial charge in [0.1, 0.15) is 11.5 Å². The highest BCUT2D eigenvalue weighted by Gasteiger charge is 2.08. The number of carbonyl (C=O) groups is 1. The van der Waals surface area contributed by atoms with Crippen molar-refractivity contribution in [2.45, 2.75) is 0 Å². The van der Waals surface area contributed by atoms with Crippen molar-refractivity contribution >= 4 is 27.5 Å².